The van der Waals surface area contributed by atoms with Gasteiger partial charge in [0.2, 0.25) is 6.29 Å². The summed E-state index contributed by atoms with van der Waals surface area (Å²) >= 11 is 0. The molecular weight excluding hydrogens is 156 g/mol. The van der Waals surface area contributed by atoms with Crippen LogP contribution in [0.4, 0.5) is 0 Å². The van der Waals surface area contributed by atoms with E-state index in [2.05, 4.69) is 6.58 Å². The number of carbonyl (C=O) groups excluding carboxylic acids is 1. The van der Waals surface area contributed by atoms with Crippen LogP contribution in [0.5, 0.6) is 0 Å². The molecular formula is C9H14O3. The number of hydrogen-bond acceptors (Lipinski definition) is 3. The standard InChI is InChI=1S/C9H14O3/c1-4-6(3)8(10)12-9-7(5-2)11-9/h7,9H,3-5H2,1-2H3. The Morgan fingerprint density at radius 2 is 2.25 bits per heavy atom. The molecule has 1 rings (SSSR count). The quantitative estimate of drug-likeness (QED) is 0.365. The summed E-state index contributed by atoms with van der Waals surface area (Å²) in [5.41, 5.74) is 0.500. The summed E-state index contributed by atoms with van der Waals surface area (Å²) in [6.07, 6.45) is 1.31. The second-order valence-electron chi connectivity index (χ2n) is 2.81. The third kappa shape index (κ3) is 2.08. The Morgan fingerprint density at radius 1 is 1.58 bits per heavy atom. The summed E-state index contributed by atoms with van der Waals surface area (Å²) < 4.78 is 10.0. The molecule has 0 aromatic rings. The van der Waals surface area contributed by atoms with Gasteiger partial charge >= 0.3 is 5.97 Å². The van der Waals surface area contributed by atoms with Gasteiger partial charge in [-0.3, -0.25) is 0 Å². The van der Waals surface area contributed by atoms with Crippen LogP contribution in [0.1, 0.15) is 26.7 Å². The number of hydrogen-bond donors (Lipinski definition) is 0. The molecule has 0 N–H and O–H groups in total. The van der Waals surface area contributed by atoms with Crippen molar-refractivity contribution in [2.75, 3.05) is 0 Å². The number of ether oxygens (including phenoxy) is 2. The van der Waals surface area contributed by atoms with Crippen molar-refractivity contribution in [3.8, 4) is 0 Å². The van der Waals surface area contributed by atoms with Crippen molar-refractivity contribution in [2.45, 2.75) is 39.1 Å². The number of rotatable bonds is 4. The minimum absolute atomic E-state index is 0.110. The van der Waals surface area contributed by atoms with Crippen molar-refractivity contribution in [2.24, 2.45) is 0 Å². The molecule has 1 aliphatic rings. The van der Waals surface area contributed by atoms with Gasteiger partial charge in [-0.2, -0.15) is 0 Å². The summed E-state index contributed by atoms with van der Waals surface area (Å²) in [5, 5.41) is 0. The Bertz CT molecular complexity index is 198. The van der Waals surface area contributed by atoms with Crippen molar-refractivity contribution in [3.63, 3.8) is 0 Å². The normalized spacial score (nSPS) is 26.5. The lowest BCUT2D eigenvalue weighted by Crippen LogP contribution is -2.10. The largest absolute Gasteiger partial charge is 0.429 e. The van der Waals surface area contributed by atoms with E-state index in [0.717, 1.165) is 6.42 Å². The van der Waals surface area contributed by atoms with Gasteiger partial charge in [-0.15, -0.1) is 0 Å². The Morgan fingerprint density at radius 3 is 2.67 bits per heavy atom. The van der Waals surface area contributed by atoms with Gasteiger partial charge in [-0.1, -0.05) is 20.4 Å². The number of esters is 1. The van der Waals surface area contributed by atoms with Crippen LogP contribution in [0.3, 0.4) is 0 Å². The fraction of sp³-hybridized carbons (Fsp3) is 0.667. The first-order chi connectivity index (χ1) is 5.69. The molecule has 2 atom stereocenters. The van der Waals surface area contributed by atoms with Crippen LogP contribution >= 0.6 is 0 Å². The predicted molar refractivity (Wildman–Crippen MR) is 44.5 cm³/mol. The number of carbonyl (C=O) groups is 1. The van der Waals surface area contributed by atoms with E-state index in [-0.39, 0.29) is 18.4 Å². The molecule has 12 heavy (non-hydrogen) atoms. The maximum Gasteiger partial charge on any atom is 0.335 e. The predicted octanol–water partition coefficient (Wildman–Crippen LogP) is 1.63. The molecule has 3 nitrogen and oxygen atoms in total. The lowest BCUT2D eigenvalue weighted by Gasteiger charge is -2.00. The Hall–Kier alpha value is -0.830. The van der Waals surface area contributed by atoms with Gasteiger partial charge in [-0.25, -0.2) is 4.79 Å². The molecule has 0 aromatic carbocycles. The second kappa shape index (κ2) is 3.72. The molecule has 1 fully saturated rings. The van der Waals surface area contributed by atoms with E-state index in [0.29, 0.717) is 12.0 Å². The third-order valence-corrected chi connectivity index (χ3v) is 1.88. The SMILES string of the molecule is C=C(CC)C(=O)OC1OC1CC. The van der Waals surface area contributed by atoms with Crippen LogP contribution in [-0.2, 0) is 14.3 Å². The maximum atomic E-state index is 11.1. The van der Waals surface area contributed by atoms with Crippen LogP contribution in [0.2, 0.25) is 0 Å². The lowest BCUT2D eigenvalue weighted by atomic mass is 10.2. The van der Waals surface area contributed by atoms with E-state index in [1.165, 1.54) is 0 Å². The van der Waals surface area contributed by atoms with Crippen molar-refractivity contribution < 1.29 is 14.3 Å². The molecule has 68 valence electrons. The Kier molecular flexibility index (Phi) is 2.87. The molecule has 0 radical (unpaired) electrons. The van der Waals surface area contributed by atoms with Crippen LogP contribution in [0.25, 0.3) is 0 Å². The van der Waals surface area contributed by atoms with Gasteiger partial charge < -0.3 is 9.47 Å². The first-order valence-electron chi connectivity index (χ1n) is 4.23. The summed E-state index contributed by atoms with van der Waals surface area (Å²) in [5.74, 6) is -0.335. The first kappa shape index (κ1) is 9.26. The molecule has 1 aliphatic heterocycles. The van der Waals surface area contributed by atoms with Gasteiger partial charge in [-0.05, 0) is 12.8 Å². The van der Waals surface area contributed by atoms with Crippen LogP contribution in [-0.4, -0.2) is 18.4 Å². The van der Waals surface area contributed by atoms with E-state index >= 15 is 0 Å². The zero-order chi connectivity index (χ0) is 9.14. The van der Waals surface area contributed by atoms with Crippen LogP contribution < -0.4 is 0 Å². The molecule has 0 spiro atoms. The van der Waals surface area contributed by atoms with Gasteiger partial charge in [0.05, 0.1) is 0 Å². The van der Waals surface area contributed by atoms with Gasteiger partial charge in [0.1, 0.15) is 6.10 Å². The zero-order valence-corrected chi connectivity index (χ0v) is 7.50. The highest BCUT2D eigenvalue weighted by Crippen LogP contribution is 2.26. The number of epoxide rings is 1. The van der Waals surface area contributed by atoms with E-state index in [1.54, 1.807) is 0 Å². The molecule has 0 aliphatic carbocycles. The Labute approximate surface area is 72.4 Å². The molecule has 0 aromatic heterocycles. The van der Waals surface area contributed by atoms with Crippen molar-refractivity contribution in [3.05, 3.63) is 12.2 Å². The molecule has 1 saturated heterocycles. The zero-order valence-electron chi connectivity index (χ0n) is 7.50. The van der Waals surface area contributed by atoms with Crippen molar-refractivity contribution >= 4 is 5.97 Å². The van der Waals surface area contributed by atoms with E-state index in [4.69, 9.17) is 9.47 Å². The van der Waals surface area contributed by atoms with Gasteiger partial charge in [0, 0.05) is 5.57 Å². The highest BCUT2D eigenvalue weighted by atomic mass is 16.8. The molecule has 2 unspecified atom stereocenters. The van der Waals surface area contributed by atoms with Crippen molar-refractivity contribution in [1.82, 2.24) is 0 Å². The fourth-order valence-corrected chi connectivity index (χ4v) is 0.852. The minimum atomic E-state index is -0.335. The second-order valence-corrected chi connectivity index (χ2v) is 2.81. The van der Waals surface area contributed by atoms with Crippen LogP contribution in [0, 0.1) is 0 Å². The van der Waals surface area contributed by atoms with Crippen molar-refractivity contribution in [1.29, 1.82) is 0 Å². The summed E-state index contributed by atoms with van der Waals surface area (Å²) in [6, 6.07) is 0. The monoisotopic (exact) mass is 170 g/mol. The Balaban J connectivity index is 2.24. The van der Waals surface area contributed by atoms with Crippen LogP contribution in [0.15, 0.2) is 12.2 Å². The highest BCUT2D eigenvalue weighted by Gasteiger charge is 2.41. The van der Waals surface area contributed by atoms with E-state index < -0.39 is 0 Å². The van der Waals surface area contributed by atoms with Gasteiger partial charge in [0.25, 0.3) is 0 Å². The smallest absolute Gasteiger partial charge is 0.335 e. The first-order valence-corrected chi connectivity index (χ1v) is 4.23. The average molecular weight is 170 g/mol. The third-order valence-electron chi connectivity index (χ3n) is 1.88. The highest BCUT2D eigenvalue weighted by molar-refractivity contribution is 5.87. The maximum absolute atomic E-state index is 11.1. The van der Waals surface area contributed by atoms with Gasteiger partial charge in [0.15, 0.2) is 0 Å². The molecule has 3 heteroatoms. The summed E-state index contributed by atoms with van der Waals surface area (Å²) in [6.45, 7) is 7.44. The summed E-state index contributed by atoms with van der Waals surface area (Å²) in [4.78, 5) is 11.1. The molecule has 0 saturated carbocycles. The lowest BCUT2D eigenvalue weighted by molar-refractivity contribution is -0.143. The van der Waals surface area contributed by atoms with E-state index in [1.807, 2.05) is 13.8 Å². The molecule has 0 amide bonds. The molecule has 0 bridgehead atoms. The fourth-order valence-electron chi connectivity index (χ4n) is 0.852. The van der Waals surface area contributed by atoms with E-state index in [9.17, 15) is 4.79 Å². The minimum Gasteiger partial charge on any atom is -0.429 e. The molecule has 1 heterocycles. The topological polar surface area (TPSA) is 38.8 Å². The summed E-state index contributed by atoms with van der Waals surface area (Å²) in [7, 11) is 0. The average Bonchev–Trinajstić information content (AvgIpc) is 2.81.